The van der Waals surface area contributed by atoms with Gasteiger partial charge in [0.2, 0.25) is 0 Å². The maximum Gasteiger partial charge on any atom is 0.254 e. The van der Waals surface area contributed by atoms with Gasteiger partial charge in [-0.25, -0.2) is 4.39 Å². The number of amides is 1. The third-order valence-electron chi connectivity index (χ3n) is 2.60. The fourth-order valence-electron chi connectivity index (χ4n) is 1.63. The number of nitrogens with zero attached hydrogens (tertiary/aromatic N) is 1. The Morgan fingerprint density at radius 2 is 2.21 bits per heavy atom. The largest absolute Gasteiger partial charge is 0.352 e. The lowest BCUT2D eigenvalue weighted by Crippen LogP contribution is -2.26. The summed E-state index contributed by atoms with van der Waals surface area (Å²) in [6.45, 7) is 0.413. The van der Waals surface area contributed by atoms with Gasteiger partial charge in [-0.1, -0.05) is 17.7 Å². The number of carbonyl (C=O) groups is 1. The first-order chi connectivity index (χ1) is 9.16. The fourth-order valence-corrected chi connectivity index (χ4v) is 1.81. The van der Waals surface area contributed by atoms with Crippen molar-refractivity contribution in [1.29, 1.82) is 0 Å². The van der Waals surface area contributed by atoms with Crippen molar-refractivity contribution in [2.75, 3.05) is 6.54 Å². The second-order valence-corrected chi connectivity index (χ2v) is 4.43. The molecule has 0 saturated heterocycles. The zero-order chi connectivity index (χ0) is 13.7. The Morgan fingerprint density at radius 3 is 2.95 bits per heavy atom. The van der Waals surface area contributed by atoms with E-state index in [2.05, 4.69) is 10.3 Å². The number of pyridine rings is 1. The Balaban J connectivity index is 1.93. The summed E-state index contributed by atoms with van der Waals surface area (Å²) in [7, 11) is 0. The zero-order valence-electron chi connectivity index (χ0n) is 10.1. The molecule has 0 unspecified atom stereocenters. The van der Waals surface area contributed by atoms with Gasteiger partial charge in [0.25, 0.3) is 5.91 Å². The molecule has 0 fully saturated rings. The van der Waals surface area contributed by atoms with Crippen LogP contribution in [0.1, 0.15) is 15.9 Å². The maximum atomic E-state index is 13.4. The molecular weight excluding hydrogens is 267 g/mol. The van der Waals surface area contributed by atoms with Crippen LogP contribution in [-0.4, -0.2) is 17.4 Å². The Bertz CT molecular complexity index is 575. The molecule has 5 heteroatoms. The molecule has 1 N–H and O–H groups in total. The lowest BCUT2D eigenvalue weighted by atomic mass is 10.2. The number of halogens is 2. The second-order valence-electron chi connectivity index (χ2n) is 3.99. The molecule has 2 rings (SSSR count). The van der Waals surface area contributed by atoms with Gasteiger partial charge in [-0.2, -0.15) is 0 Å². The van der Waals surface area contributed by atoms with E-state index in [-0.39, 0.29) is 5.56 Å². The molecule has 1 aromatic heterocycles. The van der Waals surface area contributed by atoms with Crippen LogP contribution in [0.25, 0.3) is 0 Å². The van der Waals surface area contributed by atoms with Crippen LogP contribution in [0.3, 0.4) is 0 Å². The first-order valence-corrected chi connectivity index (χ1v) is 6.17. The van der Waals surface area contributed by atoms with Gasteiger partial charge in [0.15, 0.2) is 0 Å². The molecule has 0 bridgehead atoms. The Kier molecular flexibility index (Phi) is 4.47. The minimum absolute atomic E-state index is 0.0429. The van der Waals surface area contributed by atoms with E-state index in [1.165, 1.54) is 18.2 Å². The lowest BCUT2D eigenvalue weighted by Gasteiger charge is -2.06. The van der Waals surface area contributed by atoms with Gasteiger partial charge in [-0.3, -0.25) is 9.78 Å². The minimum atomic E-state index is -0.580. The van der Waals surface area contributed by atoms with Crippen molar-refractivity contribution in [3.05, 3.63) is 64.7 Å². The summed E-state index contributed by atoms with van der Waals surface area (Å²) in [6.07, 6.45) is 4.05. The number of aromatic nitrogens is 1. The third kappa shape index (κ3) is 3.76. The fraction of sp³-hybridized carbons (Fsp3) is 0.143. The van der Waals surface area contributed by atoms with Crippen molar-refractivity contribution in [3.63, 3.8) is 0 Å². The van der Waals surface area contributed by atoms with Gasteiger partial charge in [0.05, 0.1) is 5.56 Å². The van der Waals surface area contributed by atoms with E-state index in [0.717, 1.165) is 5.56 Å². The SMILES string of the molecule is O=C(NCCc1cccnc1)c1cc(Cl)ccc1F. The third-order valence-corrected chi connectivity index (χ3v) is 2.83. The summed E-state index contributed by atoms with van der Waals surface area (Å²) in [4.78, 5) is 15.8. The van der Waals surface area contributed by atoms with E-state index in [4.69, 9.17) is 11.6 Å². The number of hydrogen-bond acceptors (Lipinski definition) is 2. The van der Waals surface area contributed by atoms with E-state index in [0.29, 0.717) is 18.0 Å². The highest BCUT2D eigenvalue weighted by Crippen LogP contribution is 2.14. The highest BCUT2D eigenvalue weighted by molar-refractivity contribution is 6.30. The van der Waals surface area contributed by atoms with Gasteiger partial charge < -0.3 is 5.32 Å². The minimum Gasteiger partial charge on any atom is -0.352 e. The van der Waals surface area contributed by atoms with Crippen LogP contribution >= 0.6 is 11.6 Å². The van der Waals surface area contributed by atoms with E-state index in [9.17, 15) is 9.18 Å². The first kappa shape index (κ1) is 13.5. The van der Waals surface area contributed by atoms with Crippen LogP contribution in [0.5, 0.6) is 0 Å². The molecule has 0 aliphatic heterocycles. The number of nitrogens with one attached hydrogen (secondary N) is 1. The van der Waals surface area contributed by atoms with E-state index < -0.39 is 11.7 Å². The van der Waals surface area contributed by atoms with Crippen molar-refractivity contribution in [3.8, 4) is 0 Å². The molecule has 98 valence electrons. The Morgan fingerprint density at radius 1 is 1.37 bits per heavy atom. The van der Waals surface area contributed by atoms with Gasteiger partial charge in [0, 0.05) is 24.0 Å². The van der Waals surface area contributed by atoms with Gasteiger partial charge in [0.1, 0.15) is 5.82 Å². The van der Waals surface area contributed by atoms with Crippen LogP contribution in [0.4, 0.5) is 4.39 Å². The van der Waals surface area contributed by atoms with Crippen LogP contribution in [0.15, 0.2) is 42.7 Å². The average Bonchev–Trinajstić information content (AvgIpc) is 2.42. The van der Waals surface area contributed by atoms with Crippen LogP contribution in [0, 0.1) is 5.82 Å². The molecule has 0 aliphatic rings. The summed E-state index contributed by atoms with van der Waals surface area (Å²) in [5, 5.41) is 2.98. The standard InChI is InChI=1S/C14H12ClFN2O/c15-11-3-4-13(16)12(8-11)14(19)18-7-5-10-2-1-6-17-9-10/h1-4,6,8-9H,5,7H2,(H,18,19). The van der Waals surface area contributed by atoms with Crippen molar-refractivity contribution in [1.82, 2.24) is 10.3 Å². The molecule has 0 aliphatic carbocycles. The first-order valence-electron chi connectivity index (χ1n) is 5.79. The molecule has 1 amide bonds. The van der Waals surface area contributed by atoms with E-state index in [1.54, 1.807) is 12.4 Å². The van der Waals surface area contributed by atoms with Crippen LogP contribution in [-0.2, 0) is 6.42 Å². The van der Waals surface area contributed by atoms with Gasteiger partial charge in [-0.15, -0.1) is 0 Å². The molecule has 0 saturated carbocycles. The van der Waals surface area contributed by atoms with Gasteiger partial charge in [-0.05, 0) is 36.2 Å². The number of benzene rings is 1. The molecular formula is C14H12ClFN2O. The molecule has 19 heavy (non-hydrogen) atoms. The smallest absolute Gasteiger partial charge is 0.254 e. The van der Waals surface area contributed by atoms with E-state index in [1.807, 2.05) is 12.1 Å². The highest BCUT2D eigenvalue weighted by atomic mass is 35.5. The number of hydrogen-bond donors (Lipinski definition) is 1. The topological polar surface area (TPSA) is 42.0 Å². The van der Waals surface area contributed by atoms with E-state index >= 15 is 0 Å². The van der Waals surface area contributed by atoms with Crippen molar-refractivity contribution in [2.45, 2.75) is 6.42 Å². The van der Waals surface area contributed by atoms with Crippen LogP contribution < -0.4 is 5.32 Å². The lowest BCUT2D eigenvalue weighted by molar-refractivity contribution is 0.0950. The van der Waals surface area contributed by atoms with Crippen molar-refractivity contribution < 1.29 is 9.18 Å². The number of rotatable bonds is 4. The normalized spacial score (nSPS) is 10.2. The molecule has 1 aromatic carbocycles. The summed E-state index contributed by atoms with van der Waals surface area (Å²) in [5.74, 6) is -1.05. The molecule has 0 atom stereocenters. The van der Waals surface area contributed by atoms with Gasteiger partial charge >= 0.3 is 0 Å². The molecule has 1 heterocycles. The molecule has 3 nitrogen and oxygen atoms in total. The molecule has 0 spiro atoms. The summed E-state index contributed by atoms with van der Waals surface area (Å²) in [5.41, 5.74) is 0.966. The maximum absolute atomic E-state index is 13.4. The summed E-state index contributed by atoms with van der Waals surface area (Å²) in [6, 6.07) is 7.64. The zero-order valence-corrected chi connectivity index (χ0v) is 10.8. The summed E-state index contributed by atoms with van der Waals surface area (Å²) >= 11 is 5.74. The Hall–Kier alpha value is -1.94. The quantitative estimate of drug-likeness (QED) is 0.934. The number of carbonyl (C=O) groups excluding carboxylic acids is 1. The predicted octanol–water partition coefficient (Wildman–Crippen LogP) is 2.85. The van der Waals surface area contributed by atoms with Crippen LogP contribution in [0.2, 0.25) is 5.02 Å². The van der Waals surface area contributed by atoms with Crippen molar-refractivity contribution >= 4 is 17.5 Å². The summed E-state index contributed by atoms with van der Waals surface area (Å²) < 4.78 is 13.4. The van der Waals surface area contributed by atoms with Crippen molar-refractivity contribution in [2.24, 2.45) is 0 Å². The monoisotopic (exact) mass is 278 g/mol. The Labute approximate surface area is 115 Å². The molecule has 2 aromatic rings. The predicted molar refractivity (Wildman–Crippen MR) is 71.7 cm³/mol. The average molecular weight is 279 g/mol. The second kappa shape index (κ2) is 6.29. The molecule has 0 radical (unpaired) electrons. The highest BCUT2D eigenvalue weighted by Gasteiger charge is 2.11.